The fourth-order valence-corrected chi connectivity index (χ4v) is 4.56. The smallest absolute Gasteiger partial charge is 0.417 e. The minimum Gasteiger partial charge on any atom is -0.444 e. The number of carbonyl (C=O) groups is 2. The van der Waals surface area contributed by atoms with Crippen LogP contribution in [0.5, 0.6) is 0 Å². The van der Waals surface area contributed by atoms with Crippen LogP contribution in [-0.2, 0) is 15.7 Å². The van der Waals surface area contributed by atoms with Crippen LogP contribution in [0.4, 0.5) is 23.8 Å². The highest BCUT2D eigenvalue weighted by atomic mass is 32.2. The van der Waals surface area contributed by atoms with Gasteiger partial charge in [0.15, 0.2) is 0 Å². The summed E-state index contributed by atoms with van der Waals surface area (Å²) < 4.78 is 43.2. The maximum absolute atomic E-state index is 12.6. The molecule has 0 spiro atoms. The average Bonchev–Trinajstić information content (AvgIpc) is 2.66. The number of nitrogens with zero attached hydrogens (tertiary/aromatic N) is 2. The van der Waals surface area contributed by atoms with E-state index in [0.29, 0.717) is 25.2 Å². The lowest BCUT2D eigenvalue weighted by Crippen LogP contribution is -2.43. The van der Waals surface area contributed by atoms with Crippen LogP contribution in [0.15, 0.2) is 18.3 Å². The second-order valence-corrected chi connectivity index (χ2v) is 10.4. The van der Waals surface area contributed by atoms with E-state index in [1.54, 1.807) is 11.8 Å². The fourth-order valence-electron chi connectivity index (χ4n) is 3.24. The Hall–Kier alpha value is -1.97. The summed E-state index contributed by atoms with van der Waals surface area (Å²) in [5.41, 5.74) is -1.39. The first kappa shape index (κ1) is 25.3. The van der Waals surface area contributed by atoms with E-state index in [2.05, 4.69) is 17.2 Å². The minimum absolute atomic E-state index is 0.0868. The van der Waals surface area contributed by atoms with E-state index in [1.807, 2.05) is 20.8 Å². The van der Waals surface area contributed by atoms with E-state index >= 15 is 0 Å². The van der Waals surface area contributed by atoms with Crippen molar-refractivity contribution < 1.29 is 27.5 Å². The van der Waals surface area contributed by atoms with E-state index in [1.165, 1.54) is 11.8 Å². The van der Waals surface area contributed by atoms with Gasteiger partial charge >= 0.3 is 12.3 Å². The van der Waals surface area contributed by atoms with Crippen molar-refractivity contribution in [3.05, 3.63) is 23.9 Å². The van der Waals surface area contributed by atoms with E-state index in [4.69, 9.17) is 4.74 Å². The zero-order valence-electron chi connectivity index (χ0n) is 18.5. The molecule has 10 heteroatoms. The number of hydrogen-bond acceptors (Lipinski definition) is 5. The van der Waals surface area contributed by atoms with Crippen LogP contribution in [0.1, 0.15) is 53.0 Å². The normalized spacial score (nSPS) is 17.7. The molecule has 0 radical (unpaired) electrons. The molecule has 174 valence electrons. The van der Waals surface area contributed by atoms with Crippen molar-refractivity contribution in [3.8, 4) is 0 Å². The largest absolute Gasteiger partial charge is 0.444 e. The van der Waals surface area contributed by atoms with Crippen molar-refractivity contribution in [1.82, 2.24) is 9.88 Å². The number of ether oxygens (including phenoxy) is 1. The summed E-state index contributed by atoms with van der Waals surface area (Å²) in [6.45, 7) is 10.5. The summed E-state index contributed by atoms with van der Waals surface area (Å²) in [5.74, 6) is 0.127. The molecule has 6 nitrogen and oxygen atoms in total. The molecule has 1 N–H and O–H groups in total. The van der Waals surface area contributed by atoms with Crippen LogP contribution in [0.25, 0.3) is 0 Å². The molecule has 31 heavy (non-hydrogen) atoms. The lowest BCUT2D eigenvalue weighted by atomic mass is 9.94. The van der Waals surface area contributed by atoms with Crippen LogP contribution in [-0.4, -0.2) is 51.1 Å². The molecule has 1 aliphatic rings. The predicted octanol–water partition coefficient (Wildman–Crippen LogP) is 5.20. The number of aromatic nitrogens is 1. The zero-order valence-corrected chi connectivity index (χ0v) is 19.3. The van der Waals surface area contributed by atoms with Gasteiger partial charge in [0.05, 0.1) is 10.8 Å². The average molecular weight is 462 g/mol. The molecule has 1 fully saturated rings. The number of hydrogen-bond donors (Lipinski definition) is 1. The molecule has 0 saturated carbocycles. The Balaban J connectivity index is 1.81. The highest BCUT2D eigenvalue weighted by molar-refractivity contribution is 8.01. The third kappa shape index (κ3) is 7.90. The van der Waals surface area contributed by atoms with Crippen LogP contribution in [0.3, 0.4) is 0 Å². The number of amides is 2. The van der Waals surface area contributed by atoms with Gasteiger partial charge in [0.1, 0.15) is 11.4 Å². The van der Waals surface area contributed by atoms with E-state index in [9.17, 15) is 22.8 Å². The Morgan fingerprint density at radius 1 is 1.19 bits per heavy atom. The van der Waals surface area contributed by atoms with Gasteiger partial charge in [0.2, 0.25) is 5.91 Å². The third-order valence-corrected chi connectivity index (χ3v) is 6.42. The van der Waals surface area contributed by atoms with Gasteiger partial charge in [-0.2, -0.15) is 13.2 Å². The van der Waals surface area contributed by atoms with Crippen molar-refractivity contribution in [2.24, 2.45) is 5.92 Å². The number of halogens is 3. The lowest BCUT2D eigenvalue weighted by molar-refractivity contribution is -0.137. The Labute approximate surface area is 185 Å². The number of thioether (sulfide) groups is 1. The first-order chi connectivity index (χ1) is 14.3. The SMILES string of the molecule is CC(SC(C)C1CCN(C(=O)OC(C)(C)C)CC1)C(=O)Nc1ccc(C(F)(F)F)cn1. The number of piperidine rings is 1. The van der Waals surface area contributed by atoms with Crippen molar-refractivity contribution in [1.29, 1.82) is 0 Å². The summed E-state index contributed by atoms with van der Waals surface area (Å²) in [7, 11) is 0. The third-order valence-electron chi connectivity index (χ3n) is 4.99. The molecular formula is C21H30F3N3O3S. The molecule has 1 aromatic heterocycles. The lowest BCUT2D eigenvalue weighted by Gasteiger charge is -2.36. The topological polar surface area (TPSA) is 71.5 Å². The summed E-state index contributed by atoms with van der Waals surface area (Å²) in [6.07, 6.45) is -2.42. The second-order valence-electron chi connectivity index (χ2n) is 8.71. The Bertz CT molecular complexity index is 758. The van der Waals surface area contributed by atoms with Gasteiger partial charge < -0.3 is 15.0 Å². The maximum atomic E-state index is 12.6. The Kier molecular flexibility index (Phi) is 8.24. The van der Waals surface area contributed by atoms with Crippen LogP contribution in [0.2, 0.25) is 0 Å². The number of rotatable bonds is 5. The summed E-state index contributed by atoms with van der Waals surface area (Å²) in [5, 5.41) is 2.35. The number of pyridine rings is 1. The molecule has 1 aromatic rings. The molecule has 1 aliphatic heterocycles. The summed E-state index contributed by atoms with van der Waals surface area (Å²) in [4.78, 5) is 30.0. The summed E-state index contributed by atoms with van der Waals surface area (Å²) >= 11 is 1.51. The van der Waals surface area contributed by atoms with Crippen LogP contribution < -0.4 is 5.32 Å². The van der Waals surface area contributed by atoms with E-state index in [0.717, 1.165) is 25.0 Å². The van der Waals surface area contributed by atoms with Gasteiger partial charge in [0.25, 0.3) is 0 Å². The zero-order chi connectivity index (χ0) is 23.4. The number of carbonyl (C=O) groups excluding carboxylic acids is 2. The fraction of sp³-hybridized carbons (Fsp3) is 0.667. The number of anilines is 1. The Morgan fingerprint density at radius 3 is 2.29 bits per heavy atom. The van der Waals surface area contributed by atoms with Crippen LogP contribution in [0, 0.1) is 5.92 Å². The minimum atomic E-state index is -4.47. The van der Waals surface area contributed by atoms with Crippen LogP contribution >= 0.6 is 11.8 Å². The first-order valence-corrected chi connectivity index (χ1v) is 11.2. The number of likely N-dealkylation sites (tertiary alicyclic amines) is 1. The molecular weight excluding hydrogens is 431 g/mol. The molecule has 2 atom stereocenters. The number of alkyl halides is 3. The Morgan fingerprint density at radius 2 is 1.81 bits per heavy atom. The molecule has 2 amide bonds. The highest BCUT2D eigenvalue weighted by Crippen LogP contribution is 2.32. The van der Waals surface area contributed by atoms with Crippen molar-refractivity contribution in [2.45, 2.75) is 69.7 Å². The standard InChI is InChI=1S/C21H30F3N3O3S/c1-13(15-8-10-27(11-9-15)19(29)30-20(3,4)5)31-14(2)18(28)26-17-7-6-16(12-25-17)21(22,23)24/h6-7,12-15H,8-11H2,1-5H3,(H,25,26,28). The molecule has 2 rings (SSSR count). The quantitative estimate of drug-likeness (QED) is 0.653. The first-order valence-electron chi connectivity index (χ1n) is 10.2. The van der Waals surface area contributed by atoms with E-state index < -0.39 is 22.6 Å². The molecule has 2 heterocycles. The van der Waals surface area contributed by atoms with Gasteiger partial charge in [-0.25, -0.2) is 9.78 Å². The van der Waals surface area contributed by atoms with Gasteiger partial charge in [-0.1, -0.05) is 6.92 Å². The molecule has 0 aromatic carbocycles. The van der Waals surface area contributed by atoms with E-state index in [-0.39, 0.29) is 23.1 Å². The second kappa shape index (κ2) is 10.1. The maximum Gasteiger partial charge on any atom is 0.417 e. The van der Waals surface area contributed by atoms with Gasteiger partial charge in [-0.3, -0.25) is 4.79 Å². The van der Waals surface area contributed by atoms with Gasteiger partial charge in [0, 0.05) is 24.5 Å². The molecule has 0 aliphatic carbocycles. The van der Waals surface area contributed by atoms with Crippen molar-refractivity contribution in [3.63, 3.8) is 0 Å². The molecule has 0 bridgehead atoms. The van der Waals surface area contributed by atoms with Crippen molar-refractivity contribution in [2.75, 3.05) is 18.4 Å². The van der Waals surface area contributed by atoms with Gasteiger partial charge in [-0.15, -0.1) is 11.8 Å². The molecule has 2 unspecified atom stereocenters. The monoisotopic (exact) mass is 461 g/mol. The molecule has 1 saturated heterocycles. The predicted molar refractivity (Wildman–Crippen MR) is 115 cm³/mol. The van der Waals surface area contributed by atoms with Gasteiger partial charge in [-0.05, 0) is 58.6 Å². The number of nitrogens with one attached hydrogen (secondary N) is 1. The van der Waals surface area contributed by atoms with Crippen molar-refractivity contribution >= 4 is 29.6 Å². The summed E-state index contributed by atoms with van der Waals surface area (Å²) in [6, 6.07) is 2.04. The highest BCUT2D eigenvalue weighted by Gasteiger charge is 2.32.